The predicted molar refractivity (Wildman–Crippen MR) is 144 cm³/mol. The number of rotatable bonds is 7. The summed E-state index contributed by atoms with van der Waals surface area (Å²) in [5.41, 5.74) is 0.709. The molecular weight excluding hydrogens is 529 g/mol. The minimum Gasteiger partial charge on any atom is -0.448 e. The van der Waals surface area contributed by atoms with E-state index < -0.39 is 28.2 Å². The van der Waals surface area contributed by atoms with E-state index in [4.69, 9.17) is 16.3 Å². The summed E-state index contributed by atoms with van der Waals surface area (Å²) in [4.78, 5) is 17.4. The van der Waals surface area contributed by atoms with E-state index >= 15 is 0 Å². The molecule has 2 aromatic carbocycles. The van der Waals surface area contributed by atoms with Gasteiger partial charge in [0.05, 0.1) is 17.0 Å². The molecule has 2 saturated heterocycles. The molecule has 0 radical (unpaired) electrons. The Morgan fingerprint density at radius 3 is 2.39 bits per heavy atom. The lowest BCUT2D eigenvalue weighted by atomic mass is 9.93. The lowest BCUT2D eigenvalue weighted by Gasteiger charge is -2.42. The van der Waals surface area contributed by atoms with Crippen LogP contribution < -0.4 is 0 Å². The normalized spacial score (nSPS) is 25.3. The molecule has 0 N–H and O–H groups in total. The highest BCUT2D eigenvalue weighted by molar-refractivity contribution is 7.89. The lowest BCUT2D eigenvalue weighted by molar-refractivity contribution is 0.0318. The van der Waals surface area contributed by atoms with Gasteiger partial charge in [0, 0.05) is 37.2 Å². The first-order valence-electron chi connectivity index (χ1n) is 13.4. The average molecular weight is 564 g/mol. The second-order valence-corrected chi connectivity index (χ2v) is 13.0. The van der Waals surface area contributed by atoms with Gasteiger partial charge >= 0.3 is 6.09 Å². The van der Waals surface area contributed by atoms with Crippen molar-refractivity contribution in [2.24, 2.45) is 5.92 Å². The van der Waals surface area contributed by atoms with Crippen LogP contribution in [0.2, 0.25) is 5.02 Å². The number of ether oxygens (including phenoxy) is 1. The van der Waals surface area contributed by atoms with Crippen LogP contribution in [0.5, 0.6) is 0 Å². The van der Waals surface area contributed by atoms with E-state index in [-0.39, 0.29) is 23.4 Å². The third-order valence-corrected chi connectivity index (χ3v) is 10.1. The molecule has 0 bridgehead atoms. The van der Waals surface area contributed by atoms with Crippen molar-refractivity contribution in [3.8, 4) is 0 Å². The van der Waals surface area contributed by atoms with E-state index in [1.165, 1.54) is 41.4 Å². The highest BCUT2D eigenvalue weighted by Crippen LogP contribution is 2.39. The molecule has 5 rings (SSSR count). The number of benzene rings is 2. The zero-order chi connectivity index (χ0) is 26.9. The molecule has 10 heteroatoms. The third-order valence-electron chi connectivity index (χ3n) is 7.88. The molecule has 3 fully saturated rings. The largest absolute Gasteiger partial charge is 0.448 e. The minimum atomic E-state index is -3.96. The number of piperidine rings is 1. The fourth-order valence-electron chi connectivity index (χ4n) is 5.69. The van der Waals surface area contributed by atoms with Crippen LogP contribution in [0.1, 0.15) is 50.6 Å². The Bertz CT molecular complexity index is 1220. The van der Waals surface area contributed by atoms with Gasteiger partial charge in [-0.25, -0.2) is 17.6 Å². The van der Waals surface area contributed by atoms with Crippen LogP contribution in [-0.4, -0.2) is 73.5 Å². The van der Waals surface area contributed by atoms with Crippen molar-refractivity contribution in [3.05, 3.63) is 64.9 Å². The van der Waals surface area contributed by atoms with Gasteiger partial charge in [-0.1, -0.05) is 23.7 Å². The summed E-state index contributed by atoms with van der Waals surface area (Å²) in [6.45, 7) is 5.32. The topological polar surface area (TPSA) is 70.2 Å². The molecule has 38 heavy (non-hydrogen) atoms. The van der Waals surface area contributed by atoms with Crippen molar-refractivity contribution in [3.63, 3.8) is 0 Å². The number of piperazine rings is 1. The maximum Gasteiger partial charge on any atom is 0.410 e. The van der Waals surface area contributed by atoms with Crippen molar-refractivity contribution >= 4 is 27.7 Å². The summed E-state index contributed by atoms with van der Waals surface area (Å²) in [6.07, 6.45) is 4.09. The molecule has 0 spiro atoms. The molecule has 1 amide bonds. The Morgan fingerprint density at radius 2 is 1.74 bits per heavy atom. The van der Waals surface area contributed by atoms with Crippen LogP contribution in [0.3, 0.4) is 0 Å². The molecule has 2 heterocycles. The number of hydrogen-bond acceptors (Lipinski definition) is 5. The van der Waals surface area contributed by atoms with E-state index in [2.05, 4.69) is 4.90 Å². The maximum absolute atomic E-state index is 13.9. The summed E-state index contributed by atoms with van der Waals surface area (Å²) < 4.78 is 48.8. The first kappa shape index (κ1) is 27.4. The van der Waals surface area contributed by atoms with Crippen molar-refractivity contribution in [2.45, 2.75) is 62.0 Å². The van der Waals surface area contributed by atoms with Crippen LogP contribution in [0, 0.1) is 11.7 Å². The van der Waals surface area contributed by atoms with E-state index in [0.29, 0.717) is 30.0 Å². The second-order valence-electron chi connectivity index (χ2n) is 10.8. The Labute approximate surface area is 229 Å². The molecule has 0 aromatic heterocycles. The summed E-state index contributed by atoms with van der Waals surface area (Å²) in [5, 5.41) is 0.439. The highest BCUT2D eigenvalue weighted by atomic mass is 35.5. The van der Waals surface area contributed by atoms with E-state index in [9.17, 15) is 17.6 Å². The summed E-state index contributed by atoms with van der Waals surface area (Å²) in [6, 6.07) is 11.0. The molecule has 2 aliphatic heterocycles. The highest BCUT2D eigenvalue weighted by Gasteiger charge is 2.42. The first-order valence-corrected chi connectivity index (χ1v) is 15.2. The standard InChI is InChI=1S/C28H35ClFN3O4S/c1-20-17-31(18-21-5-6-21)15-16-32(20)28(34)37-19-25-3-2-4-27(22-7-11-24(30)12-8-22)33(25)38(35,36)26-13-9-23(29)10-14-26/h7-14,20-21,25,27H,2-6,15-19H2,1H3/t20-,25+,27-/m0/s1. The van der Waals surface area contributed by atoms with Gasteiger partial charge < -0.3 is 9.64 Å². The number of hydrogen-bond donors (Lipinski definition) is 0. The van der Waals surface area contributed by atoms with Crippen molar-refractivity contribution in [1.82, 2.24) is 14.1 Å². The van der Waals surface area contributed by atoms with E-state index in [1.807, 2.05) is 6.92 Å². The third kappa shape index (κ3) is 6.17. The Hall–Kier alpha value is -2.20. The number of carbonyl (C=O) groups is 1. The molecule has 206 valence electrons. The average Bonchev–Trinajstić information content (AvgIpc) is 3.72. The van der Waals surface area contributed by atoms with Gasteiger partial charge in [-0.3, -0.25) is 4.90 Å². The van der Waals surface area contributed by atoms with E-state index in [0.717, 1.165) is 32.0 Å². The Kier molecular flexibility index (Phi) is 8.28. The maximum atomic E-state index is 13.9. The number of amides is 1. The van der Waals surface area contributed by atoms with Crippen molar-refractivity contribution in [2.75, 3.05) is 32.8 Å². The molecule has 0 unspecified atom stereocenters. The van der Waals surface area contributed by atoms with Gasteiger partial charge in [-0.2, -0.15) is 4.31 Å². The fourth-order valence-corrected chi connectivity index (χ4v) is 7.66. The minimum absolute atomic E-state index is 0.0298. The lowest BCUT2D eigenvalue weighted by Crippen LogP contribution is -2.55. The summed E-state index contributed by atoms with van der Waals surface area (Å²) >= 11 is 6.01. The zero-order valence-corrected chi connectivity index (χ0v) is 23.2. The van der Waals surface area contributed by atoms with Crippen molar-refractivity contribution < 1.29 is 22.3 Å². The first-order chi connectivity index (χ1) is 18.2. The molecule has 2 aromatic rings. The second kappa shape index (κ2) is 11.5. The number of nitrogens with zero attached hydrogens (tertiary/aromatic N) is 3. The Morgan fingerprint density at radius 1 is 1.03 bits per heavy atom. The van der Waals surface area contributed by atoms with Gasteiger partial charge in [0.2, 0.25) is 10.0 Å². The van der Waals surface area contributed by atoms with Gasteiger partial charge in [0.1, 0.15) is 12.4 Å². The summed E-state index contributed by atoms with van der Waals surface area (Å²) in [7, 11) is -3.96. The molecule has 3 atom stereocenters. The van der Waals surface area contributed by atoms with Crippen LogP contribution in [0.4, 0.5) is 9.18 Å². The molecule has 1 aliphatic carbocycles. The predicted octanol–water partition coefficient (Wildman–Crippen LogP) is 5.32. The SMILES string of the molecule is C[C@H]1CN(CC2CC2)CCN1C(=O)OC[C@H]1CCC[C@@H](c2ccc(F)cc2)N1S(=O)(=O)c1ccc(Cl)cc1. The van der Waals surface area contributed by atoms with Gasteiger partial charge in [0.25, 0.3) is 0 Å². The van der Waals surface area contributed by atoms with Crippen LogP contribution in [0.15, 0.2) is 53.4 Å². The van der Waals surface area contributed by atoms with Gasteiger partial charge in [0.15, 0.2) is 0 Å². The van der Waals surface area contributed by atoms with E-state index in [1.54, 1.807) is 29.2 Å². The van der Waals surface area contributed by atoms with Crippen LogP contribution >= 0.6 is 11.6 Å². The molecule has 3 aliphatic rings. The smallest absolute Gasteiger partial charge is 0.410 e. The van der Waals surface area contributed by atoms with Crippen LogP contribution in [-0.2, 0) is 14.8 Å². The van der Waals surface area contributed by atoms with Crippen LogP contribution in [0.25, 0.3) is 0 Å². The van der Waals surface area contributed by atoms with Gasteiger partial charge in [-0.15, -0.1) is 0 Å². The fraction of sp³-hybridized carbons (Fsp3) is 0.536. The monoisotopic (exact) mass is 563 g/mol. The molecule has 7 nitrogen and oxygen atoms in total. The van der Waals surface area contributed by atoms with Gasteiger partial charge in [-0.05, 0) is 86.9 Å². The molecule has 1 saturated carbocycles. The Balaban J connectivity index is 1.33. The number of halogens is 2. The summed E-state index contributed by atoms with van der Waals surface area (Å²) in [5.74, 6) is 0.420. The zero-order valence-electron chi connectivity index (χ0n) is 21.6. The quantitative estimate of drug-likeness (QED) is 0.456. The molecular formula is C28H35ClFN3O4S. The number of sulfonamides is 1. The number of carbonyl (C=O) groups excluding carboxylic acids is 1. The van der Waals surface area contributed by atoms with Crippen molar-refractivity contribution in [1.29, 1.82) is 0 Å².